The Morgan fingerprint density at radius 1 is 1.10 bits per heavy atom. The average Bonchev–Trinajstić information content (AvgIpc) is 2.46. The van der Waals surface area contributed by atoms with E-state index < -0.39 is 5.82 Å². The Balaban J connectivity index is 2.15. The van der Waals surface area contributed by atoms with Gasteiger partial charge in [-0.3, -0.25) is 0 Å². The van der Waals surface area contributed by atoms with Crippen molar-refractivity contribution >= 4 is 43.5 Å². The summed E-state index contributed by atoms with van der Waals surface area (Å²) in [7, 11) is 1.43. The summed E-state index contributed by atoms with van der Waals surface area (Å²) >= 11 is 12.7. The van der Waals surface area contributed by atoms with Crippen molar-refractivity contribution in [3.63, 3.8) is 0 Å². The summed E-state index contributed by atoms with van der Waals surface area (Å²) in [5.74, 6) is 0.878. The summed E-state index contributed by atoms with van der Waals surface area (Å²) < 4.78 is 25.8. The van der Waals surface area contributed by atoms with E-state index >= 15 is 0 Å². The Morgan fingerprint density at radius 2 is 1.76 bits per heavy atom. The first-order valence-electron chi connectivity index (χ1n) is 6.04. The maximum atomic E-state index is 13.6. The Kier molecular flexibility index (Phi) is 5.90. The lowest BCUT2D eigenvalue weighted by atomic mass is 10.2. The minimum Gasteiger partial charge on any atom is -0.494 e. The molecular formula is C15H12Br2ClFO2. The maximum Gasteiger partial charge on any atom is 0.165 e. The SMILES string of the molecule is COc1ccc(COc2c(Br)cc(CCl)cc2Br)cc1F. The van der Waals surface area contributed by atoms with E-state index in [1.165, 1.54) is 13.2 Å². The van der Waals surface area contributed by atoms with Gasteiger partial charge in [0.1, 0.15) is 12.4 Å². The number of hydrogen-bond donors (Lipinski definition) is 0. The monoisotopic (exact) mass is 436 g/mol. The number of alkyl halides is 1. The minimum atomic E-state index is -0.408. The molecular weight excluding hydrogens is 426 g/mol. The van der Waals surface area contributed by atoms with Crippen molar-refractivity contribution in [2.45, 2.75) is 12.5 Å². The number of hydrogen-bond acceptors (Lipinski definition) is 2. The molecule has 0 unspecified atom stereocenters. The second-order valence-corrected chi connectivity index (χ2v) is 6.26. The summed E-state index contributed by atoms with van der Waals surface area (Å²) in [6.45, 7) is 0.248. The molecule has 2 rings (SSSR count). The topological polar surface area (TPSA) is 18.5 Å². The standard InChI is InChI=1S/C15H12Br2ClFO2/c1-20-14-3-2-9(6-13(14)19)8-21-15-11(16)4-10(7-18)5-12(15)17/h2-6H,7-8H2,1H3. The number of rotatable bonds is 5. The first-order valence-corrected chi connectivity index (χ1v) is 8.16. The van der Waals surface area contributed by atoms with Gasteiger partial charge in [0, 0.05) is 5.88 Å². The predicted octanol–water partition coefficient (Wildman–Crippen LogP) is 5.68. The quantitative estimate of drug-likeness (QED) is 0.560. The van der Waals surface area contributed by atoms with Crippen molar-refractivity contribution < 1.29 is 13.9 Å². The third kappa shape index (κ3) is 4.11. The van der Waals surface area contributed by atoms with Crippen LogP contribution < -0.4 is 9.47 Å². The average molecular weight is 439 g/mol. The van der Waals surface area contributed by atoms with Gasteiger partial charge in [0.15, 0.2) is 11.6 Å². The van der Waals surface area contributed by atoms with Crippen LogP contribution in [0.2, 0.25) is 0 Å². The second-order valence-electron chi connectivity index (χ2n) is 4.28. The van der Waals surface area contributed by atoms with Crippen molar-refractivity contribution in [1.29, 1.82) is 0 Å². The van der Waals surface area contributed by atoms with Crippen LogP contribution in [-0.2, 0) is 12.5 Å². The van der Waals surface area contributed by atoms with Crippen molar-refractivity contribution in [3.8, 4) is 11.5 Å². The lowest BCUT2D eigenvalue weighted by molar-refractivity contribution is 0.301. The summed E-state index contributed by atoms with van der Waals surface area (Å²) in [4.78, 5) is 0. The number of halogens is 4. The highest BCUT2D eigenvalue weighted by molar-refractivity contribution is 9.11. The maximum absolute atomic E-state index is 13.6. The van der Waals surface area contributed by atoms with Gasteiger partial charge in [0.25, 0.3) is 0 Å². The predicted molar refractivity (Wildman–Crippen MR) is 88.7 cm³/mol. The molecule has 2 aromatic carbocycles. The van der Waals surface area contributed by atoms with Crippen LogP contribution in [0.4, 0.5) is 4.39 Å². The largest absolute Gasteiger partial charge is 0.494 e. The summed E-state index contributed by atoms with van der Waals surface area (Å²) in [6.07, 6.45) is 0. The van der Waals surface area contributed by atoms with Crippen molar-refractivity contribution in [2.24, 2.45) is 0 Å². The van der Waals surface area contributed by atoms with E-state index in [0.29, 0.717) is 17.2 Å². The Bertz CT molecular complexity index is 627. The number of ether oxygens (including phenoxy) is 2. The van der Waals surface area contributed by atoms with Gasteiger partial charge in [-0.1, -0.05) is 6.07 Å². The van der Waals surface area contributed by atoms with Gasteiger partial charge >= 0.3 is 0 Å². The Hall–Kier alpha value is -0.780. The molecule has 0 aliphatic rings. The van der Waals surface area contributed by atoms with Crippen LogP contribution in [0.1, 0.15) is 11.1 Å². The molecule has 0 aliphatic carbocycles. The lowest BCUT2D eigenvalue weighted by Gasteiger charge is -2.12. The fourth-order valence-corrected chi connectivity index (χ4v) is 3.45. The Morgan fingerprint density at radius 3 is 2.29 bits per heavy atom. The molecule has 2 nitrogen and oxygen atoms in total. The molecule has 0 fully saturated rings. The van der Waals surface area contributed by atoms with Gasteiger partial charge in [-0.2, -0.15) is 0 Å². The molecule has 0 saturated heterocycles. The molecule has 0 aromatic heterocycles. The van der Waals surface area contributed by atoms with Crippen LogP contribution >= 0.6 is 43.5 Å². The fourth-order valence-electron chi connectivity index (χ4n) is 1.78. The van der Waals surface area contributed by atoms with Gasteiger partial charge in [-0.25, -0.2) is 4.39 Å². The zero-order chi connectivity index (χ0) is 15.4. The minimum absolute atomic E-state index is 0.215. The molecule has 0 saturated carbocycles. The van der Waals surface area contributed by atoms with E-state index in [-0.39, 0.29) is 12.4 Å². The van der Waals surface area contributed by atoms with Crippen LogP contribution in [-0.4, -0.2) is 7.11 Å². The molecule has 0 radical (unpaired) electrons. The van der Waals surface area contributed by atoms with Crippen molar-refractivity contribution in [2.75, 3.05) is 7.11 Å². The molecule has 0 spiro atoms. The molecule has 6 heteroatoms. The van der Waals surface area contributed by atoms with E-state index in [1.807, 2.05) is 12.1 Å². The van der Waals surface area contributed by atoms with Gasteiger partial charge in [-0.15, -0.1) is 11.6 Å². The van der Waals surface area contributed by atoms with Gasteiger partial charge in [0.05, 0.1) is 16.1 Å². The molecule has 112 valence electrons. The molecule has 21 heavy (non-hydrogen) atoms. The highest BCUT2D eigenvalue weighted by atomic mass is 79.9. The van der Waals surface area contributed by atoms with Crippen LogP contribution in [0, 0.1) is 5.82 Å². The zero-order valence-corrected chi connectivity index (χ0v) is 15.1. The number of benzene rings is 2. The Labute approximate surface area is 144 Å². The molecule has 0 amide bonds. The van der Waals surface area contributed by atoms with Gasteiger partial charge in [-0.05, 0) is 67.3 Å². The van der Waals surface area contributed by atoms with Crippen LogP contribution in [0.3, 0.4) is 0 Å². The van der Waals surface area contributed by atoms with E-state index in [9.17, 15) is 4.39 Å². The molecule has 2 aromatic rings. The van der Waals surface area contributed by atoms with E-state index in [2.05, 4.69) is 31.9 Å². The summed E-state index contributed by atoms with van der Waals surface area (Å²) in [5, 5.41) is 0. The zero-order valence-electron chi connectivity index (χ0n) is 11.1. The third-order valence-corrected chi connectivity index (χ3v) is 4.30. The summed E-state index contributed by atoms with van der Waals surface area (Å²) in [5.41, 5.74) is 1.69. The fraction of sp³-hybridized carbons (Fsp3) is 0.200. The van der Waals surface area contributed by atoms with E-state index in [1.54, 1.807) is 12.1 Å². The van der Waals surface area contributed by atoms with Crippen molar-refractivity contribution in [1.82, 2.24) is 0 Å². The van der Waals surface area contributed by atoms with Crippen LogP contribution in [0.5, 0.6) is 11.5 Å². The first kappa shape index (κ1) is 16.6. The van der Waals surface area contributed by atoms with Crippen LogP contribution in [0.15, 0.2) is 39.3 Å². The highest BCUT2D eigenvalue weighted by Crippen LogP contribution is 2.35. The number of methoxy groups -OCH3 is 1. The van der Waals surface area contributed by atoms with Crippen molar-refractivity contribution in [3.05, 3.63) is 56.2 Å². The van der Waals surface area contributed by atoms with Crippen LogP contribution in [0.25, 0.3) is 0 Å². The molecule has 0 heterocycles. The molecule has 0 bridgehead atoms. The first-order chi connectivity index (χ1) is 10.0. The molecule has 0 aliphatic heterocycles. The third-order valence-electron chi connectivity index (χ3n) is 2.81. The second kappa shape index (κ2) is 7.47. The smallest absolute Gasteiger partial charge is 0.165 e. The molecule has 0 N–H and O–H groups in total. The highest BCUT2D eigenvalue weighted by Gasteiger charge is 2.10. The van der Waals surface area contributed by atoms with Gasteiger partial charge < -0.3 is 9.47 Å². The lowest BCUT2D eigenvalue weighted by Crippen LogP contribution is -1.99. The molecule has 0 atom stereocenters. The summed E-state index contributed by atoms with van der Waals surface area (Å²) in [6, 6.07) is 8.52. The van der Waals surface area contributed by atoms with E-state index in [0.717, 1.165) is 14.5 Å². The van der Waals surface area contributed by atoms with E-state index in [4.69, 9.17) is 21.1 Å². The van der Waals surface area contributed by atoms with Gasteiger partial charge in [0.2, 0.25) is 0 Å². The normalized spacial score (nSPS) is 10.5.